The van der Waals surface area contributed by atoms with Gasteiger partial charge in [0.1, 0.15) is 18.0 Å². The van der Waals surface area contributed by atoms with Gasteiger partial charge in [0.05, 0.1) is 23.1 Å². The molecular formula is C26H22ClFN8O2. The van der Waals surface area contributed by atoms with Gasteiger partial charge >= 0.3 is 0 Å². The number of hydrogen-bond acceptors (Lipinski definition) is 6. The molecule has 1 atom stereocenters. The molecule has 4 aromatic rings. The van der Waals surface area contributed by atoms with Crippen LogP contribution >= 0.6 is 11.6 Å². The summed E-state index contributed by atoms with van der Waals surface area (Å²) in [5, 5.41) is 17.4. The molecule has 3 heterocycles. The summed E-state index contributed by atoms with van der Waals surface area (Å²) in [6, 6.07) is 8.82. The molecular weight excluding hydrogens is 511 g/mol. The van der Waals surface area contributed by atoms with Crippen LogP contribution in [0.5, 0.6) is 0 Å². The topological polar surface area (TPSA) is 130 Å². The van der Waals surface area contributed by atoms with E-state index >= 15 is 0 Å². The van der Waals surface area contributed by atoms with Crippen molar-refractivity contribution in [3.63, 3.8) is 0 Å². The lowest BCUT2D eigenvalue weighted by Gasteiger charge is -2.14. The van der Waals surface area contributed by atoms with Gasteiger partial charge in [-0.1, -0.05) is 23.8 Å². The molecule has 1 aliphatic rings. The van der Waals surface area contributed by atoms with Crippen LogP contribution in [0.25, 0.3) is 23.0 Å². The molecule has 3 N–H and O–H groups in total. The van der Waals surface area contributed by atoms with E-state index in [4.69, 9.17) is 11.6 Å². The molecule has 0 unspecified atom stereocenters. The molecule has 0 aliphatic carbocycles. The minimum Gasteiger partial charge on any atom is -0.346 e. The molecule has 0 fully saturated rings. The Kier molecular flexibility index (Phi) is 7.36. The van der Waals surface area contributed by atoms with E-state index in [1.807, 2.05) is 12.2 Å². The molecule has 10 nitrogen and oxygen atoms in total. The largest absolute Gasteiger partial charge is 0.346 e. The third-order valence-corrected chi connectivity index (χ3v) is 6.09. The second-order valence-electron chi connectivity index (χ2n) is 8.51. The van der Waals surface area contributed by atoms with Gasteiger partial charge in [0.2, 0.25) is 11.8 Å². The minimum atomic E-state index is -0.483. The summed E-state index contributed by atoms with van der Waals surface area (Å²) in [7, 11) is 0. The SMILES string of the molecule is O=C(/C=C/c1cc(Cl)ccc1-n1cnnn1)N[C@H]1C/C=C/CCC(=O)Nc2cc(F)ccc2-c2c[nH]c1n2. The second-order valence-corrected chi connectivity index (χ2v) is 8.94. The van der Waals surface area contributed by atoms with Crippen LogP contribution in [-0.2, 0) is 9.59 Å². The van der Waals surface area contributed by atoms with E-state index < -0.39 is 11.9 Å². The number of rotatable bonds is 4. The fraction of sp³-hybridized carbons (Fsp3) is 0.154. The van der Waals surface area contributed by atoms with Gasteiger partial charge in [-0.15, -0.1) is 5.10 Å². The highest BCUT2D eigenvalue weighted by Crippen LogP contribution is 2.29. The number of halogens is 2. The van der Waals surface area contributed by atoms with Crippen LogP contribution < -0.4 is 10.6 Å². The summed E-state index contributed by atoms with van der Waals surface area (Å²) in [5.41, 5.74) is 2.71. The molecule has 192 valence electrons. The number of imidazole rings is 1. The van der Waals surface area contributed by atoms with Crippen molar-refractivity contribution in [1.29, 1.82) is 0 Å². The number of benzene rings is 2. The first-order valence-corrected chi connectivity index (χ1v) is 12.2. The van der Waals surface area contributed by atoms with E-state index in [1.54, 1.807) is 36.5 Å². The van der Waals surface area contributed by atoms with Crippen LogP contribution in [0.1, 0.15) is 36.7 Å². The molecule has 5 rings (SSSR count). The lowest BCUT2D eigenvalue weighted by atomic mass is 10.1. The van der Waals surface area contributed by atoms with Gasteiger partial charge in [0, 0.05) is 34.8 Å². The third kappa shape index (κ3) is 5.84. The Morgan fingerprint density at radius 3 is 2.95 bits per heavy atom. The number of hydrogen-bond donors (Lipinski definition) is 3. The monoisotopic (exact) mass is 532 g/mol. The normalized spacial score (nSPS) is 16.6. The fourth-order valence-electron chi connectivity index (χ4n) is 4.04. The van der Waals surface area contributed by atoms with Crippen LogP contribution in [0.3, 0.4) is 0 Å². The van der Waals surface area contributed by atoms with Crippen molar-refractivity contribution in [2.45, 2.75) is 25.3 Å². The van der Waals surface area contributed by atoms with Crippen molar-refractivity contribution in [2.24, 2.45) is 0 Å². The summed E-state index contributed by atoms with van der Waals surface area (Å²) in [6.45, 7) is 0. The van der Waals surface area contributed by atoms with Gasteiger partial charge in [-0.05, 0) is 65.7 Å². The van der Waals surface area contributed by atoms with Gasteiger partial charge in [0.15, 0.2) is 0 Å². The molecule has 0 radical (unpaired) electrons. The van der Waals surface area contributed by atoms with Gasteiger partial charge in [0.25, 0.3) is 0 Å². The number of carbonyl (C=O) groups is 2. The Bertz CT molecular complexity index is 1530. The van der Waals surface area contributed by atoms with E-state index in [0.29, 0.717) is 51.9 Å². The van der Waals surface area contributed by atoms with Crippen molar-refractivity contribution >= 4 is 35.2 Å². The third-order valence-electron chi connectivity index (χ3n) is 5.85. The van der Waals surface area contributed by atoms with Crippen molar-refractivity contribution in [3.05, 3.63) is 89.4 Å². The molecule has 12 heteroatoms. The van der Waals surface area contributed by atoms with Gasteiger partial charge in [-0.3, -0.25) is 9.59 Å². The first kappa shape index (κ1) is 25.0. The standard InChI is InChI=1S/C26H22ClFN8O2/c27-17-7-10-23(36-15-30-34-35-36)16(12-17)6-11-25(38)31-20-4-2-1-3-5-24(37)32-21-13-18(28)8-9-19(21)22-14-29-26(20)33-22/h1-2,6-15,20H,3-5H2,(H,29,33)(H,31,38)(H,32,37)/b2-1+,11-6+/t20-/m0/s1. The number of tetrazole rings is 1. The number of nitrogens with one attached hydrogen (secondary N) is 3. The Labute approximate surface area is 221 Å². The molecule has 2 aromatic carbocycles. The highest BCUT2D eigenvalue weighted by molar-refractivity contribution is 6.30. The molecule has 2 amide bonds. The number of amides is 2. The van der Waals surface area contributed by atoms with Crippen LogP contribution in [0.15, 0.2) is 67.2 Å². The second kappa shape index (κ2) is 11.2. The lowest BCUT2D eigenvalue weighted by Crippen LogP contribution is -2.27. The highest BCUT2D eigenvalue weighted by atomic mass is 35.5. The average molecular weight is 533 g/mol. The van der Waals surface area contributed by atoms with Crippen LogP contribution in [0, 0.1) is 5.82 Å². The van der Waals surface area contributed by atoms with E-state index in [9.17, 15) is 14.0 Å². The molecule has 2 aromatic heterocycles. The average Bonchev–Trinajstić information content (AvgIpc) is 3.59. The number of aromatic nitrogens is 6. The predicted octanol–water partition coefficient (Wildman–Crippen LogP) is 4.39. The Morgan fingerprint density at radius 2 is 2.11 bits per heavy atom. The minimum absolute atomic E-state index is 0.228. The molecule has 0 spiro atoms. The summed E-state index contributed by atoms with van der Waals surface area (Å²) >= 11 is 6.17. The highest BCUT2D eigenvalue weighted by Gasteiger charge is 2.19. The summed E-state index contributed by atoms with van der Waals surface area (Å²) < 4.78 is 15.4. The van der Waals surface area contributed by atoms with E-state index in [2.05, 4.69) is 36.1 Å². The fourth-order valence-corrected chi connectivity index (χ4v) is 4.22. The molecule has 0 saturated heterocycles. The summed E-state index contributed by atoms with van der Waals surface area (Å²) in [5.74, 6) is -0.533. The number of fused-ring (bicyclic) bond motifs is 4. The van der Waals surface area contributed by atoms with Crippen molar-refractivity contribution in [3.8, 4) is 16.9 Å². The molecule has 38 heavy (non-hydrogen) atoms. The maximum absolute atomic E-state index is 13.9. The van der Waals surface area contributed by atoms with Gasteiger partial charge in [-0.2, -0.15) is 4.68 Å². The van der Waals surface area contributed by atoms with E-state index in [0.717, 1.165) is 0 Å². The zero-order valence-corrected chi connectivity index (χ0v) is 20.7. The number of aromatic amines is 1. The summed E-state index contributed by atoms with van der Waals surface area (Å²) in [6.07, 6.45) is 11.1. The van der Waals surface area contributed by atoms with E-state index in [-0.39, 0.29) is 18.2 Å². The number of carbonyl (C=O) groups excluding carboxylic acids is 2. The van der Waals surface area contributed by atoms with Crippen molar-refractivity contribution < 1.29 is 14.0 Å². The van der Waals surface area contributed by atoms with Crippen LogP contribution in [0.4, 0.5) is 10.1 Å². The van der Waals surface area contributed by atoms with Crippen LogP contribution in [0.2, 0.25) is 5.02 Å². The quantitative estimate of drug-likeness (QED) is 0.264. The first-order valence-electron chi connectivity index (χ1n) is 11.8. The van der Waals surface area contributed by atoms with Gasteiger partial charge < -0.3 is 15.6 Å². The molecule has 0 saturated carbocycles. The number of H-pyrrole nitrogens is 1. The summed E-state index contributed by atoms with van der Waals surface area (Å²) in [4.78, 5) is 33.1. The van der Waals surface area contributed by atoms with Crippen molar-refractivity contribution in [1.82, 2.24) is 35.5 Å². The van der Waals surface area contributed by atoms with Crippen molar-refractivity contribution in [2.75, 3.05) is 5.32 Å². The number of nitrogens with zero attached hydrogens (tertiary/aromatic N) is 5. The maximum Gasteiger partial charge on any atom is 0.244 e. The zero-order chi connectivity index (χ0) is 26.5. The molecule has 1 aliphatic heterocycles. The Balaban J connectivity index is 1.40. The smallest absolute Gasteiger partial charge is 0.244 e. The predicted molar refractivity (Wildman–Crippen MR) is 140 cm³/mol. The van der Waals surface area contributed by atoms with Crippen LogP contribution in [-0.4, -0.2) is 42.0 Å². The zero-order valence-electron chi connectivity index (χ0n) is 19.9. The van der Waals surface area contributed by atoms with Gasteiger partial charge in [-0.25, -0.2) is 9.37 Å². The Hall–Kier alpha value is -4.64. The van der Waals surface area contributed by atoms with E-state index in [1.165, 1.54) is 29.2 Å². The molecule has 2 bridgehead atoms. The maximum atomic E-state index is 13.9. The number of anilines is 1. The lowest BCUT2D eigenvalue weighted by molar-refractivity contribution is -0.117. The number of allylic oxidation sites excluding steroid dienone is 1. The first-order chi connectivity index (χ1) is 18.5. The Morgan fingerprint density at radius 1 is 1.21 bits per heavy atom.